The van der Waals surface area contributed by atoms with Gasteiger partial charge < -0.3 is 20.6 Å². The van der Waals surface area contributed by atoms with E-state index >= 15 is 0 Å². The third-order valence-corrected chi connectivity index (χ3v) is 5.70. The summed E-state index contributed by atoms with van der Waals surface area (Å²) in [6, 6.07) is 0.459. The van der Waals surface area contributed by atoms with Crippen LogP contribution < -0.4 is 10.6 Å². The van der Waals surface area contributed by atoms with Crippen LogP contribution in [0.2, 0.25) is 0 Å². The van der Waals surface area contributed by atoms with Crippen molar-refractivity contribution in [3.8, 4) is 0 Å². The Balaban J connectivity index is 1.55. The Labute approximate surface area is 173 Å². The number of piperazine rings is 1. The number of nitrogens with one attached hydrogen (secondary N) is 2. The molecule has 2 saturated heterocycles. The summed E-state index contributed by atoms with van der Waals surface area (Å²) in [5, 5.41) is 14.2. The number of aliphatic carboxylic acids is 1. The first-order chi connectivity index (χ1) is 13.9. The van der Waals surface area contributed by atoms with Gasteiger partial charge in [0, 0.05) is 64.7 Å². The average molecular weight is 422 g/mol. The van der Waals surface area contributed by atoms with Crippen molar-refractivity contribution in [3.05, 3.63) is 0 Å². The van der Waals surface area contributed by atoms with E-state index in [9.17, 15) is 14.4 Å². The molecule has 2 rings (SSSR count). The summed E-state index contributed by atoms with van der Waals surface area (Å²) in [5.74, 6) is -0.931. The fourth-order valence-corrected chi connectivity index (χ4v) is 3.91. The molecule has 0 aromatic rings. The molecule has 2 amide bonds. The Morgan fingerprint density at radius 2 is 1.59 bits per heavy atom. The minimum atomic E-state index is -0.856. The quantitative estimate of drug-likeness (QED) is 0.223. The van der Waals surface area contributed by atoms with Crippen LogP contribution in [0.15, 0.2) is 0 Å². The predicted molar refractivity (Wildman–Crippen MR) is 111 cm³/mol. The normalized spacial score (nSPS) is 21.2. The molecule has 1 atom stereocenters. The summed E-state index contributed by atoms with van der Waals surface area (Å²) in [7, 11) is 2.16. The standard InChI is InChI=1S/C20H37N5O4/c1-23-11-13-24(14-12-23)15-17-5-4-10-25(17)16-19(27)22-8-2-6-18(26)21-9-3-7-20(28)29/h17H,2-16H2,1H3,(H,21,26)(H,22,27)(H,28,29)/i4+1,5+1,6+1,7+1,10+1,15+1,17+1,18+1,23+1,24+1,25+1. The van der Waals surface area contributed by atoms with Gasteiger partial charge in [0.15, 0.2) is 0 Å². The number of carboxylic acids is 1. The summed E-state index contributed by atoms with van der Waals surface area (Å²) < 4.78 is 0. The Bertz CT molecular complexity index is 537. The Kier molecular flexibility index (Phi) is 10.4. The zero-order chi connectivity index (χ0) is 21.1. The molecule has 0 bridgehead atoms. The summed E-state index contributed by atoms with van der Waals surface area (Å²) >= 11 is 0. The number of likely N-dealkylation sites (tertiary alicyclic amines) is 1. The molecule has 9 nitrogen and oxygen atoms in total. The van der Waals surface area contributed by atoms with Gasteiger partial charge in [-0.3, -0.25) is 24.2 Å². The molecule has 0 aromatic carbocycles. The van der Waals surface area contributed by atoms with Crippen LogP contribution in [0, 0.1) is 0 Å². The minimum Gasteiger partial charge on any atom is -0.481 e. The van der Waals surface area contributed by atoms with E-state index in [1.54, 1.807) is 0 Å². The van der Waals surface area contributed by atoms with E-state index in [0.29, 0.717) is 44.9 Å². The van der Waals surface area contributed by atoms with Crippen molar-refractivity contribution in [3.63, 3.8) is 0 Å². The molecule has 0 aromatic heterocycles. The minimum absolute atomic E-state index is 0.0251. The zero-order valence-electron chi connectivity index (χ0n) is 17.7. The van der Waals surface area contributed by atoms with Gasteiger partial charge in [0.05, 0.1) is 6.54 Å². The number of amides is 2. The van der Waals surface area contributed by atoms with Crippen LogP contribution in [0.1, 0.15) is 38.5 Å². The third-order valence-electron chi connectivity index (χ3n) is 5.70. The van der Waals surface area contributed by atoms with Crippen LogP contribution >= 0.6 is 0 Å². The van der Waals surface area contributed by atoms with Gasteiger partial charge in [0.2, 0.25) is 11.8 Å². The zero-order valence-corrected chi connectivity index (χ0v) is 17.7. The number of rotatable bonds is 12. The number of nitrogens with zero attached hydrogens (tertiary/aromatic N) is 3. The van der Waals surface area contributed by atoms with Gasteiger partial charge in [-0.2, -0.15) is 0 Å². The molecule has 2 fully saturated rings. The number of carbonyl (C=O) groups excluding carboxylic acids is 2. The molecule has 0 saturated carbocycles. The summed E-state index contributed by atoms with van der Waals surface area (Å²) in [6.45, 7) is 7.74. The van der Waals surface area contributed by atoms with E-state index in [0.717, 1.165) is 52.1 Å². The van der Waals surface area contributed by atoms with Crippen LogP contribution in [0.4, 0.5) is 0 Å². The van der Waals surface area contributed by atoms with Crippen molar-refractivity contribution in [1.29, 1.82) is 0 Å². The maximum absolute atomic E-state index is 12.3. The SMILES string of the molecule is C[15N]1CC[15N]([13CH2][13CH]2[13CH2][13CH2][13CH2][15N]2CC(=O)NCC[13CH2][13C](=O)NCC[13CH2]C(=O)O)CC1. The molecule has 0 spiro atoms. The maximum Gasteiger partial charge on any atom is 0.303 e. The van der Waals surface area contributed by atoms with E-state index in [4.69, 9.17) is 5.11 Å². The lowest BCUT2D eigenvalue weighted by molar-refractivity contribution is -0.137. The first-order valence-electron chi connectivity index (χ1n) is 10.8. The number of likely N-dealkylation sites (N-methyl/N-ethyl adjacent to an activating group) is 1. The first-order valence-corrected chi connectivity index (χ1v) is 10.8. The smallest absolute Gasteiger partial charge is 0.303 e. The second kappa shape index (κ2) is 12.8. The summed E-state index contributed by atoms with van der Waals surface area (Å²) in [4.78, 5) is 41.5. The molecule has 29 heavy (non-hydrogen) atoms. The fraction of sp³-hybridized carbons (Fsp3) is 0.850. The highest BCUT2D eigenvalue weighted by Crippen LogP contribution is 2.18. The van der Waals surface area contributed by atoms with Gasteiger partial charge in [-0.05, 0) is 39.3 Å². The monoisotopic (exact) mass is 422 g/mol. The number of carboxylic acid groups (broad SMARTS) is 1. The van der Waals surface area contributed by atoms with Crippen LogP contribution in [-0.4, -0.2) is 110 Å². The molecular formula is C20H37N5O4. The highest BCUT2D eigenvalue weighted by molar-refractivity contribution is 5.78. The van der Waals surface area contributed by atoms with Crippen molar-refractivity contribution in [2.24, 2.45) is 0 Å². The predicted octanol–water partition coefficient (Wildman–Crippen LogP) is -0.424. The average Bonchev–Trinajstić information content (AvgIpc) is 3.10. The molecule has 3 N–H and O–H groups in total. The van der Waals surface area contributed by atoms with Crippen molar-refractivity contribution in [2.75, 3.05) is 66.0 Å². The van der Waals surface area contributed by atoms with Crippen molar-refractivity contribution in [2.45, 2.75) is 44.6 Å². The topological polar surface area (TPSA) is 105 Å². The Morgan fingerprint density at radius 1 is 0.931 bits per heavy atom. The second-order valence-electron chi connectivity index (χ2n) is 8.17. The maximum atomic E-state index is 12.3. The number of hydrogen-bond donors (Lipinski definition) is 3. The second-order valence-corrected chi connectivity index (χ2v) is 8.17. The number of hydrogen-bond acceptors (Lipinski definition) is 6. The van der Waals surface area contributed by atoms with Gasteiger partial charge >= 0.3 is 5.97 Å². The first kappa shape index (κ1) is 23.6. The van der Waals surface area contributed by atoms with Gasteiger partial charge in [-0.1, -0.05) is 0 Å². The molecule has 1 unspecified atom stereocenters. The van der Waals surface area contributed by atoms with Crippen molar-refractivity contribution in [1.82, 2.24) is 25.3 Å². The molecule has 9 heteroatoms. The van der Waals surface area contributed by atoms with Gasteiger partial charge in [0.25, 0.3) is 0 Å². The lowest BCUT2D eigenvalue weighted by Gasteiger charge is -2.36. The highest BCUT2D eigenvalue weighted by atomic mass is 16.4. The van der Waals surface area contributed by atoms with Crippen LogP contribution in [-0.2, 0) is 14.4 Å². The van der Waals surface area contributed by atoms with Crippen molar-refractivity contribution < 1.29 is 19.5 Å². The van der Waals surface area contributed by atoms with Gasteiger partial charge in [0.1, 0.15) is 0 Å². The van der Waals surface area contributed by atoms with E-state index in [-0.39, 0.29) is 18.2 Å². The van der Waals surface area contributed by atoms with E-state index in [1.807, 2.05) is 0 Å². The highest BCUT2D eigenvalue weighted by Gasteiger charge is 2.28. The van der Waals surface area contributed by atoms with Crippen LogP contribution in [0.25, 0.3) is 0 Å². The lowest BCUT2D eigenvalue weighted by Crippen LogP contribution is -2.50. The molecule has 2 aliphatic rings. The van der Waals surface area contributed by atoms with E-state index < -0.39 is 5.97 Å². The Hall–Kier alpha value is -1.71. The van der Waals surface area contributed by atoms with Crippen LogP contribution in [0.5, 0.6) is 0 Å². The summed E-state index contributed by atoms with van der Waals surface area (Å²) in [6.07, 6.45) is 3.71. The molecule has 2 aliphatic heterocycles. The van der Waals surface area contributed by atoms with Gasteiger partial charge in [-0.25, -0.2) is 0 Å². The third kappa shape index (κ3) is 9.56. The lowest BCUT2D eigenvalue weighted by atomic mass is 10.5. The van der Waals surface area contributed by atoms with Crippen LogP contribution in [0.3, 0.4) is 0 Å². The molecule has 0 aliphatic carbocycles. The fourth-order valence-electron chi connectivity index (χ4n) is 3.91. The molecule has 166 valence electrons. The summed E-state index contributed by atoms with van der Waals surface area (Å²) in [5.41, 5.74) is 0. The van der Waals surface area contributed by atoms with E-state index in [1.165, 1.54) is 0 Å². The molecule has 0 radical (unpaired) electrons. The molecule has 2 heterocycles. The van der Waals surface area contributed by atoms with E-state index in [2.05, 4.69) is 32.4 Å². The van der Waals surface area contributed by atoms with Gasteiger partial charge in [-0.15, -0.1) is 0 Å². The van der Waals surface area contributed by atoms with Crippen molar-refractivity contribution >= 4 is 17.8 Å². The number of carbonyl (C=O) groups is 3. The molecular weight excluding hydrogens is 385 g/mol. The Morgan fingerprint density at radius 3 is 2.28 bits per heavy atom. The largest absolute Gasteiger partial charge is 0.481 e.